The molecule has 0 spiro atoms. The van der Waals surface area contributed by atoms with Crippen LogP contribution >= 0.6 is 0 Å². The predicted octanol–water partition coefficient (Wildman–Crippen LogP) is 0.852. The maximum Gasteiger partial charge on any atom is 0.225 e. The van der Waals surface area contributed by atoms with Gasteiger partial charge in [0.25, 0.3) is 0 Å². The second kappa shape index (κ2) is 4.52. The van der Waals surface area contributed by atoms with Gasteiger partial charge in [-0.3, -0.25) is 4.79 Å². The number of rotatable bonds is 4. The summed E-state index contributed by atoms with van der Waals surface area (Å²) in [5, 5.41) is 3.31. The molecule has 0 saturated heterocycles. The summed E-state index contributed by atoms with van der Waals surface area (Å²) in [6.07, 6.45) is 4.45. The Labute approximate surface area is 111 Å². The maximum absolute atomic E-state index is 12.0. The van der Waals surface area contributed by atoms with Crippen LogP contribution < -0.4 is 10.2 Å². The molecule has 0 aliphatic heterocycles. The Morgan fingerprint density at radius 1 is 1.33 bits per heavy atom. The Balaban J connectivity index is 1.94. The molecule has 18 heavy (non-hydrogen) atoms. The molecular weight excluding hydrogens is 224 g/mol. The fourth-order valence-electron chi connectivity index (χ4n) is 4.05. The molecule has 2 aliphatic rings. The fraction of sp³-hybridized carbons (Fsp3) is 0.933. The number of amides is 1. The summed E-state index contributed by atoms with van der Waals surface area (Å²) >= 11 is 0. The van der Waals surface area contributed by atoms with Crippen LogP contribution in [0.5, 0.6) is 0 Å². The molecule has 104 valence electrons. The van der Waals surface area contributed by atoms with Crippen LogP contribution in [0.15, 0.2) is 0 Å². The van der Waals surface area contributed by atoms with Crippen molar-refractivity contribution in [2.24, 2.45) is 16.7 Å². The molecule has 2 rings (SSSR count). The van der Waals surface area contributed by atoms with Crippen LogP contribution in [-0.4, -0.2) is 32.6 Å². The van der Waals surface area contributed by atoms with E-state index >= 15 is 0 Å². The number of fused-ring (bicyclic) bond motifs is 2. The lowest BCUT2D eigenvalue weighted by molar-refractivity contribution is -0.857. The highest BCUT2D eigenvalue weighted by molar-refractivity contribution is 5.76. The average Bonchev–Trinajstić information content (AvgIpc) is 2.59. The van der Waals surface area contributed by atoms with Crippen molar-refractivity contribution in [3.8, 4) is 0 Å². The van der Waals surface area contributed by atoms with Crippen LogP contribution in [0.2, 0.25) is 0 Å². The summed E-state index contributed by atoms with van der Waals surface area (Å²) < 4.78 is 0. The Morgan fingerprint density at radius 2 is 2.00 bits per heavy atom. The molecule has 0 aromatic rings. The van der Waals surface area contributed by atoms with Crippen LogP contribution in [0.3, 0.4) is 0 Å². The zero-order valence-corrected chi connectivity index (χ0v) is 12.6. The van der Waals surface area contributed by atoms with Gasteiger partial charge >= 0.3 is 0 Å². The minimum atomic E-state index is 0.241. The molecule has 3 atom stereocenters. The van der Waals surface area contributed by atoms with Crippen LogP contribution in [-0.2, 0) is 4.79 Å². The third-order valence-electron chi connectivity index (χ3n) is 5.98. The van der Waals surface area contributed by atoms with E-state index in [1.54, 1.807) is 0 Å². The summed E-state index contributed by atoms with van der Waals surface area (Å²) in [6.45, 7) is 8.08. The largest absolute Gasteiger partial charge is 0.353 e. The van der Waals surface area contributed by atoms with E-state index in [4.69, 9.17) is 0 Å². The Bertz CT molecular complexity index is 337. The van der Waals surface area contributed by atoms with Crippen molar-refractivity contribution in [2.45, 2.75) is 52.5 Å². The quantitative estimate of drug-likeness (QED) is 0.765. The first kappa shape index (κ1) is 13.9. The zero-order chi connectivity index (χ0) is 13.6. The van der Waals surface area contributed by atoms with Crippen LogP contribution in [0.25, 0.3) is 0 Å². The van der Waals surface area contributed by atoms with Crippen LogP contribution in [0.4, 0.5) is 0 Å². The van der Waals surface area contributed by atoms with Crippen molar-refractivity contribution in [1.82, 2.24) is 5.32 Å². The number of carbonyl (C=O) groups excluding carboxylic acids is 1. The van der Waals surface area contributed by atoms with Gasteiger partial charge in [0.05, 0.1) is 27.1 Å². The Kier molecular flexibility index (Phi) is 3.48. The number of hydrogen-bond acceptors (Lipinski definition) is 1. The summed E-state index contributed by atoms with van der Waals surface area (Å²) in [5.74, 6) is 1.04. The number of hydrogen-bond donors (Lipinski definition) is 2. The van der Waals surface area contributed by atoms with Crippen LogP contribution in [0, 0.1) is 16.7 Å². The van der Waals surface area contributed by atoms with Gasteiger partial charge in [-0.2, -0.15) is 0 Å². The fourth-order valence-corrected chi connectivity index (χ4v) is 4.05. The smallest absolute Gasteiger partial charge is 0.225 e. The van der Waals surface area contributed by atoms with Crippen molar-refractivity contribution < 1.29 is 9.69 Å². The molecule has 2 bridgehead atoms. The van der Waals surface area contributed by atoms with E-state index in [2.05, 4.69) is 40.2 Å². The Morgan fingerprint density at radius 3 is 2.44 bits per heavy atom. The van der Waals surface area contributed by atoms with Gasteiger partial charge in [-0.15, -0.1) is 0 Å². The van der Waals surface area contributed by atoms with Crippen molar-refractivity contribution in [3.05, 3.63) is 0 Å². The SMILES string of the molecule is C[NH+](C)CCC(=O)N[C@H]1C[C@H]2CC[C@]1(C)C2(C)C. The molecule has 0 heterocycles. The molecule has 0 unspecified atom stereocenters. The molecule has 2 saturated carbocycles. The topological polar surface area (TPSA) is 33.5 Å². The predicted molar refractivity (Wildman–Crippen MR) is 73.5 cm³/mol. The van der Waals surface area contributed by atoms with Crippen molar-refractivity contribution in [1.29, 1.82) is 0 Å². The van der Waals surface area contributed by atoms with E-state index in [1.807, 2.05) is 0 Å². The van der Waals surface area contributed by atoms with Crippen molar-refractivity contribution in [3.63, 3.8) is 0 Å². The average molecular weight is 253 g/mol. The summed E-state index contributed by atoms with van der Waals surface area (Å²) in [6, 6.07) is 0.399. The zero-order valence-electron chi connectivity index (χ0n) is 12.6. The van der Waals surface area contributed by atoms with Gasteiger partial charge in [0.1, 0.15) is 0 Å². The van der Waals surface area contributed by atoms with E-state index < -0.39 is 0 Å². The number of carbonyl (C=O) groups is 1. The molecule has 2 aliphatic carbocycles. The van der Waals surface area contributed by atoms with Crippen molar-refractivity contribution >= 4 is 5.91 Å². The van der Waals surface area contributed by atoms with E-state index in [-0.39, 0.29) is 5.91 Å². The lowest BCUT2D eigenvalue weighted by Gasteiger charge is -2.39. The molecule has 0 aromatic heterocycles. The third-order valence-corrected chi connectivity index (χ3v) is 5.98. The van der Waals surface area contributed by atoms with E-state index in [0.717, 1.165) is 12.5 Å². The third kappa shape index (κ3) is 2.07. The second-order valence-electron chi connectivity index (χ2n) is 7.44. The van der Waals surface area contributed by atoms with E-state index in [0.29, 0.717) is 23.3 Å². The molecule has 0 aromatic carbocycles. The minimum absolute atomic E-state index is 0.241. The molecule has 1 amide bonds. The first-order chi connectivity index (χ1) is 8.27. The van der Waals surface area contributed by atoms with Gasteiger partial charge in [-0.1, -0.05) is 20.8 Å². The number of quaternary nitrogens is 1. The summed E-state index contributed by atoms with van der Waals surface area (Å²) in [4.78, 5) is 13.3. The van der Waals surface area contributed by atoms with E-state index in [9.17, 15) is 4.79 Å². The lowest BCUT2D eigenvalue weighted by Crippen LogP contribution is -3.05. The molecule has 2 N–H and O–H groups in total. The number of nitrogens with one attached hydrogen (secondary N) is 2. The summed E-state index contributed by atoms with van der Waals surface area (Å²) in [7, 11) is 4.18. The van der Waals surface area contributed by atoms with Gasteiger partial charge < -0.3 is 10.2 Å². The van der Waals surface area contributed by atoms with Gasteiger partial charge in [0.15, 0.2) is 0 Å². The lowest BCUT2D eigenvalue weighted by atomic mass is 9.69. The Hall–Kier alpha value is -0.570. The molecular formula is C15H29N2O+. The minimum Gasteiger partial charge on any atom is -0.353 e. The van der Waals surface area contributed by atoms with Crippen LogP contribution in [0.1, 0.15) is 46.5 Å². The second-order valence-corrected chi connectivity index (χ2v) is 7.44. The highest BCUT2D eigenvalue weighted by atomic mass is 16.1. The normalized spacial score (nSPS) is 37.2. The first-order valence-electron chi connectivity index (χ1n) is 7.36. The van der Waals surface area contributed by atoms with Gasteiger partial charge in [-0.05, 0) is 36.0 Å². The molecule has 3 heteroatoms. The standard InChI is InChI=1S/C15H28N2O/c1-14(2)11-6-8-15(14,3)12(10-11)16-13(18)7-9-17(4)5/h11-12H,6-10H2,1-5H3,(H,16,18)/p+1/t11-,12+,15+/m1/s1. The maximum atomic E-state index is 12.0. The summed E-state index contributed by atoms with van der Waals surface area (Å²) in [5.41, 5.74) is 0.691. The monoisotopic (exact) mass is 253 g/mol. The van der Waals surface area contributed by atoms with Crippen molar-refractivity contribution in [2.75, 3.05) is 20.6 Å². The van der Waals surface area contributed by atoms with E-state index in [1.165, 1.54) is 24.2 Å². The van der Waals surface area contributed by atoms with Gasteiger partial charge in [0, 0.05) is 6.04 Å². The highest BCUT2D eigenvalue weighted by Crippen LogP contribution is 2.65. The van der Waals surface area contributed by atoms with Gasteiger partial charge in [0.2, 0.25) is 5.91 Å². The van der Waals surface area contributed by atoms with Gasteiger partial charge in [-0.25, -0.2) is 0 Å². The molecule has 2 fully saturated rings. The first-order valence-corrected chi connectivity index (χ1v) is 7.36. The highest BCUT2D eigenvalue weighted by Gasteiger charge is 2.61. The molecule has 0 radical (unpaired) electrons. The molecule has 3 nitrogen and oxygen atoms in total.